The molecule has 6 heteroatoms. The Morgan fingerprint density at radius 3 is 2.19 bits per heavy atom. The van der Waals surface area contributed by atoms with E-state index in [9.17, 15) is 13.2 Å². The number of carbonyl (C=O) groups excluding carboxylic acids is 1. The van der Waals surface area contributed by atoms with Gasteiger partial charge in [-0.05, 0) is 36.2 Å². The van der Waals surface area contributed by atoms with Gasteiger partial charge in [0.05, 0.1) is 5.75 Å². The first kappa shape index (κ1) is 15.1. The van der Waals surface area contributed by atoms with Crippen molar-refractivity contribution in [2.75, 3.05) is 10.5 Å². The van der Waals surface area contributed by atoms with E-state index in [2.05, 4.69) is 4.72 Å². The smallest absolute Gasteiger partial charge is 0.248 e. The zero-order valence-corrected chi connectivity index (χ0v) is 12.1. The first-order chi connectivity index (χ1) is 9.96. The van der Waals surface area contributed by atoms with Crippen LogP contribution in [0.25, 0.3) is 0 Å². The van der Waals surface area contributed by atoms with Crippen LogP contribution in [0.5, 0.6) is 0 Å². The molecule has 2 aromatic rings. The standard InChI is InChI=1S/C15H16N2O3S/c16-15(18)13-6-8-14(9-7-13)17-21(19,20)11-10-12-4-2-1-3-5-12/h1-9,17H,10-11H2,(H2,16,18). The molecule has 0 aromatic heterocycles. The van der Waals surface area contributed by atoms with Crippen LogP contribution in [0, 0.1) is 0 Å². The molecule has 0 aliphatic carbocycles. The lowest BCUT2D eigenvalue weighted by Gasteiger charge is -2.08. The van der Waals surface area contributed by atoms with Gasteiger partial charge in [-0.3, -0.25) is 9.52 Å². The number of hydrogen-bond donors (Lipinski definition) is 2. The Labute approximate surface area is 123 Å². The van der Waals surface area contributed by atoms with Crippen molar-refractivity contribution >= 4 is 21.6 Å². The number of nitrogens with two attached hydrogens (primary N) is 1. The first-order valence-electron chi connectivity index (χ1n) is 6.40. The van der Waals surface area contributed by atoms with Crippen molar-refractivity contribution in [3.8, 4) is 0 Å². The summed E-state index contributed by atoms with van der Waals surface area (Å²) in [4.78, 5) is 10.9. The zero-order valence-electron chi connectivity index (χ0n) is 11.3. The molecule has 0 atom stereocenters. The molecule has 0 spiro atoms. The van der Waals surface area contributed by atoms with Crippen molar-refractivity contribution < 1.29 is 13.2 Å². The van der Waals surface area contributed by atoms with Crippen molar-refractivity contribution in [3.63, 3.8) is 0 Å². The van der Waals surface area contributed by atoms with E-state index in [1.54, 1.807) is 0 Å². The minimum atomic E-state index is -3.43. The Morgan fingerprint density at radius 1 is 1.00 bits per heavy atom. The fourth-order valence-corrected chi connectivity index (χ4v) is 2.93. The van der Waals surface area contributed by atoms with Crippen LogP contribution in [0.15, 0.2) is 54.6 Å². The lowest BCUT2D eigenvalue weighted by Crippen LogP contribution is -2.18. The maximum absolute atomic E-state index is 12.0. The number of hydrogen-bond acceptors (Lipinski definition) is 3. The van der Waals surface area contributed by atoms with Crippen LogP contribution in [0.1, 0.15) is 15.9 Å². The molecule has 0 unspecified atom stereocenters. The number of sulfonamides is 1. The lowest BCUT2D eigenvalue weighted by atomic mass is 10.2. The quantitative estimate of drug-likeness (QED) is 0.852. The van der Waals surface area contributed by atoms with Gasteiger partial charge in [0.1, 0.15) is 0 Å². The fraction of sp³-hybridized carbons (Fsp3) is 0.133. The molecule has 3 N–H and O–H groups in total. The molecule has 0 heterocycles. The summed E-state index contributed by atoms with van der Waals surface area (Å²) in [5.74, 6) is -0.553. The van der Waals surface area contributed by atoms with Crippen LogP contribution >= 0.6 is 0 Å². The second kappa shape index (κ2) is 6.41. The maximum Gasteiger partial charge on any atom is 0.248 e. The average molecular weight is 304 g/mol. The van der Waals surface area contributed by atoms with Crippen LogP contribution in [0.4, 0.5) is 5.69 Å². The van der Waals surface area contributed by atoms with E-state index in [0.717, 1.165) is 5.56 Å². The fourth-order valence-electron chi connectivity index (χ4n) is 1.83. The molecule has 110 valence electrons. The summed E-state index contributed by atoms with van der Waals surface area (Å²) in [7, 11) is -3.43. The van der Waals surface area contributed by atoms with E-state index in [0.29, 0.717) is 17.7 Å². The van der Waals surface area contributed by atoms with Crippen LogP contribution in [0.3, 0.4) is 0 Å². The van der Waals surface area contributed by atoms with Crippen molar-refractivity contribution in [1.82, 2.24) is 0 Å². The third kappa shape index (κ3) is 4.61. The molecule has 0 aliphatic rings. The van der Waals surface area contributed by atoms with E-state index in [1.165, 1.54) is 24.3 Å². The van der Waals surface area contributed by atoms with E-state index in [-0.39, 0.29) is 5.75 Å². The number of anilines is 1. The van der Waals surface area contributed by atoms with Gasteiger partial charge in [-0.25, -0.2) is 8.42 Å². The molecule has 0 fully saturated rings. The Hall–Kier alpha value is -2.34. The van der Waals surface area contributed by atoms with Crippen LogP contribution in [0.2, 0.25) is 0 Å². The molecule has 0 aliphatic heterocycles. The molecule has 2 aromatic carbocycles. The van der Waals surface area contributed by atoms with Gasteiger partial charge in [0.25, 0.3) is 0 Å². The topological polar surface area (TPSA) is 89.3 Å². The molecule has 2 rings (SSSR count). The van der Waals surface area contributed by atoms with Gasteiger partial charge < -0.3 is 5.73 Å². The normalized spacial score (nSPS) is 11.0. The van der Waals surface area contributed by atoms with Gasteiger partial charge in [0.15, 0.2) is 0 Å². The van der Waals surface area contributed by atoms with E-state index in [4.69, 9.17) is 5.73 Å². The van der Waals surface area contributed by atoms with Gasteiger partial charge in [-0.15, -0.1) is 0 Å². The number of aryl methyl sites for hydroxylation is 1. The minimum Gasteiger partial charge on any atom is -0.366 e. The molecule has 0 bridgehead atoms. The highest BCUT2D eigenvalue weighted by Gasteiger charge is 2.11. The highest BCUT2D eigenvalue weighted by Crippen LogP contribution is 2.12. The summed E-state index contributed by atoms with van der Waals surface area (Å²) in [5.41, 5.74) is 6.84. The van der Waals surface area contributed by atoms with Gasteiger partial charge in [-0.2, -0.15) is 0 Å². The third-order valence-electron chi connectivity index (χ3n) is 2.95. The summed E-state index contributed by atoms with van der Waals surface area (Å²) in [6.45, 7) is 0. The van der Waals surface area contributed by atoms with Crippen LogP contribution in [-0.4, -0.2) is 20.1 Å². The second-order valence-corrected chi connectivity index (χ2v) is 6.44. The Balaban J connectivity index is 1.99. The van der Waals surface area contributed by atoms with Crippen molar-refractivity contribution in [3.05, 3.63) is 65.7 Å². The van der Waals surface area contributed by atoms with Crippen molar-refractivity contribution in [2.24, 2.45) is 5.73 Å². The lowest BCUT2D eigenvalue weighted by molar-refractivity contribution is 0.100. The summed E-state index contributed by atoms with van der Waals surface area (Å²) in [5, 5.41) is 0. The number of rotatable bonds is 6. The number of carbonyl (C=O) groups is 1. The number of primary amides is 1. The number of amides is 1. The van der Waals surface area contributed by atoms with Gasteiger partial charge in [-0.1, -0.05) is 30.3 Å². The summed E-state index contributed by atoms with van der Waals surface area (Å²) < 4.78 is 26.5. The second-order valence-electron chi connectivity index (χ2n) is 4.60. The monoisotopic (exact) mass is 304 g/mol. The Bertz CT molecular complexity index is 710. The molecular weight excluding hydrogens is 288 g/mol. The van der Waals surface area contributed by atoms with E-state index >= 15 is 0 Å². The molecule has 5 nitrogen and oxygen atoms in total. The molecular formula is C15H16N2O3S. The van der Waals surface area contributed by atoms with Crippen LogP contribution < -0.4 is 10.5 Å². The average Bonchev–Trinajstić information content (AvgIpc) is 2.46. The summed E-state index contributed by atoms with van der Waals surface area (Å²) in [6.07, 6.45) is 0.440. The Kier molecular flexibility index (Phi) is 4.59. The van der Waals surface area contributed by atoms with Gasteiger partial charge in [0, 0.05) is 11.3 Å². The molecule has 0 saturated heterocycles. The SMILES string of the molecule is NC(=O)c1ccc(NS(=O)(=O)CCc2ccccc2)cc1. The summed E-state index contributed by atoms with van der Waals surface area (Å²) >= 11 is 0. The molecule has 1 amide bonds. The van der Waals surface area contributed by atoms with Crippen molar-refractivity contribution in [2.45, 2.75) is 6.42 Å². The Morgan fingerprint density at radius 2 is 1.62 bits per heavy atom. The largest absolute Gasteiger partial charge is 0.366 e. The van der Waals surface area contributed by atoms with E-state index < -0.39 is 15.9 Å². The molecule has 0 radical (unpaired) electrons. The predicted octanol–water partition coefficient (Wildman–Crippen LogP) is 1.77. The maximum atomic E-state index is 12.0. The van der Waals surface area contributed by atoms with Crippen molar-refractivity contribution in [1.29, 1.82) is 0 Å². The summed E-state index contributed by atoms with van der Waals surface area (Å²) in [6, 6.07) is 15.4. The molecule has 0 saturated carbocycles. The highest BCUT2D eigenvalue weighted by atomic mass is 32.2. The van der Waals surface area contributed by atoms with E-state index in [1.807, 2.05) is 30.3 Å². The minimum absolute atomic E-state index is 0.00537. The van der Waals surface area contributed by atoms with Gasteiger partial charge >= 0.3 is 0 Å². The number of benzene rings is 2. The predicted molar refractivity (Wildman–Crippen MR) is 82.5 cm³/mol. The highest BCUT2D eigenvalue weighted by molar-refractivity contribution is 7.92. The zero-order chi connectivity index (χ0) is 15.3. The molecule has 21 heavy (non-hydrogen) atoms. The first-order valence-corrected chi connectivity index (χ1v) is 8.06. The third-order valence-corrected chi connectivity index (χ3v) is 4.23. The number of nitrogens with one attached hydrogen (secondary N) is 1. The van der Waals surface area contributed by atoms with Gasteiger partial charge in [0.2, 0.25) is 15.9 Å². The van der Waals surface area contributed by atoms with Crippen LogP contribution in [-0.2, 0) is 16.4 Å².